The van der Waals surface area contributed by atoms with Gasteiger partial charge in [0.1, 0.15) is 0 Å². The normalized spacial score (nSPS) is 15.6. The third-order valence-electron chi connectivity index (χ3n) is 4.24. The Bertz CT molecular complexity index is 643. The minimum Gasteiger partial charge on any atom is -0.459 e. The van der Waals surface area contributed by atoms with Gasteiger partial charge in [0.15, 0.2) is 5.76 Å². The van der Waals surface area contributed by atoms with Crippen molar-refractivity contribution < 1.29 is 14.0 Å². The van der Waals surface area contributed by atoms with E-state index in [0.717, 1.165) is 5.56 Å². The predicted octanol–water partition coefficient (Wildman–Crippen LogP) is 2.85. The lowest BCUT2D eigenvalue weighted by atomic mass is 9.95. The van der Waals surface area contributed by atoms with Gasteiger partial charge in [-0.15, -0.1) is 0 Å². The number of carbonyl (C=O) groups is 2. The molecule has 3 heterocycles. The Labute approximate surface area is 139 Å². The molecular formula is C17H20N2O3S. The first-order valence-electron chi connectivity index (χ1n) is 7.74. The number of carbonyl (C=O) groups excluding carboxylic acids is 2. The summed E-state index contributed by atoms with van der Waals surface area (Å²) >= 11 is 1.64. The number of hydrogen-bond donors (Lipinski definition) is 0. The standard InChI is InChI=1S/C17H20N2O3S/c1-18(11-13-6-10-23-12-13)16(20)14-4-7-19(8-5-14)17(21)15-3-2-9-22-15/h2-3,6,9-10,12,14H,4-5,7-8,11H2,1H3. The second kappa shape index (κ2) is 7.00. The molecule has 0 aromatic carbocycles. The van der Waals surface area contributed by atoms with Crippen LogP contribution in [0.25, 0.3) is 0 Å². The van der Waals surface area contributed by atoms with Gasteiger partial charge in [-0.3, -0.25) is 9.59 Å². The Hall–Kier alpha value is -2.08. The molecule has 0 atom stereocenters. The fourth-order valence-corrected chi connectivity index (χ4v) is 3.59. The minimum atomic E-state index is -0.0903. The van der Waals surface area contributed by atoms with Crippen molar-refractivity contribution in [2.45, 2.75) is 19.4 Å². The molecule has 0 unspecified atom stereocenters. The number of likely N-dealkylation sites (tertiary alicyclic amines) is 1. The Balaban J connectivity index is 1.52. The van der Waals surface area contributed by atoms with Crippen LogP contribution in [0.15, 0.2) is 39.6 Å². The van der Waals surface area contributed by atoms with Crippen molar-refractivity contribution in [3.05, 3.63) is 46.5 Å². The number of furan rings is 1. The van der Waals surface area contributed by atoms with Crippen LogP contribution in [0.1, 0.15) is 29.0 Å². The minimum absolute atomic E-state index is 0.000660. The number of hydrogen-bond acceptors (Lipinski definition) is 4. The highest BCUT2D eigenvalue weighted by Crippen LogP contribution is 2.22. The third-order valence-corrected chi connectivity index (χ3v) is 4.97. The van der Waals surface area contributed by atoms with Crippen LogP contribution in [0, 0.1) is 5.92 Å². The van der Waals surface area contributed by atoms with Crippen LogP contribution in [0.3, 0.4) is 0 Å². The average molecular weight is 332 g/mol. The summed E-state index contributed by atoms with van der Waals surface area (Å²) in [5, 5.41) is 4.08. The van der Waals surface area contributed by atoms with Crippen LogP contribution >= 0.6 is 11.3 Å². The molecule has 5 nitrogen and oxygen atoms in total. The summed E-state index contributed by atoms with van der Waals surface area (Å²) in [7, 11) is 1.85. The number of piperidine rings is 1. The largest absolute Gasteiger partial charge is 0.459 e. The van der Waals surface area contributed by atoms with Gasteiger partial charge in [-0.05, 0) is 47.4 Å². The summed E-state index contributed by atoms with van der Waals surface area (Å²) in [5.74, 6) is 0.442. The lowest BCUT2D eigenvalue weighted by Crippen LogP contribution is -2.43. The van der Waals surface area contributed by atoms with E-state index in [0.29, 0.717) is 38.2 Å². The van der Waals surface area contributed by atoms with E-state index in [4.69, 9.17) is 4.42 Å². The molecule has 2 aromatic heterocycles. The highest BCUT2D eigenvalue weighted by atomic mass is 32.1. The first-order valence-corrected chi connectivity index (χ1v) is 8.68. The maximum atomic E-state index is 12.5. The van der Waals surface area contributed by atoms with E-state index in [-0.39, 0.29) is 17.7 Å². The molecule has 0 saturated carbocycles. The van der Waals surface area contributed by atoms with Crippen LogP contribution in [-0.2, 0) is 11.3 Å². The first kappa shape index (κ1) is 15.8. The highest BCUT2D eigenvalue weighted by Gasteiger charge is 2.30. The molecule has 1 aliphatic rings. The van der Waals surface area contributed by atoms with Gasteiger partial charge in [0.2, 0.25) is 5.91 Å². The van der Waals surface area contributed by atoms with Gasteiger partial charge < -0.3 is 14.2 Å². The molecule has 1 aliphatic heterocycles. The maximum Gasteiger partial charge on any atom is 0.289 e. The van der Waals surface area contributed by atoms with E-state index in [1.807, 2.05) is 18.5 Å². The zero-order chi connectivity index (χ0) is 16.2. The molecule has 0 N–H and O–H groups in total. The van der Waals surface area contributed by atoms with Crippen LogP contribution in [0.5, 0.6) is 0 Å². The van der Waals surface area contributed by atoms with E-state index in [9.17, 15) is 9.59 Å². The fraction of sp³-hybridized carbons (Fsp3) is 0.412. The lowest BCUT2D eigenvalue weighted by Gasteiger charge is -2.32. The van der Waals surface area contributed by atoms with Crippen LogP contribution in [0.2, 0.25) is 0 Å². The van der Waals surface area contributed by atoms with Gasteiger partial charge in [-0.25, -0.2) is 0 Å². The van der Waals surface area contributed by atoms with Crippen molar-refractivity contribution in [1.82, 2.24) is 9.80 Å². The Morgan fingerprint density at radius 3 is 2.74 bits per heavy atom. The Kier molecular flexibility index (Phi) is 4.81. The summed E-state index contributed by atoms with van der Waals surface area (Å²) in [5.41, 5.74) is 1.16. The molecule has 1 fully saturated rings. The van der Waals surface area contributed by atoms with E-state index in [1.54, 1.807) is 33.3 Å². The van der Waals surface area contributed by atoms with Crippen molar-refractivity contribution >= 4 is 23.2 Å². The molecule has 0 radical (unpaired) electrons. The van der Waals surface area contributed by atoms with Crippen molar-refractivity contribution in [3.8, 4) is 0 Å². The third kappa shape index (κ3) is 3.64. The number of thiophene rings is 1. The van der Waals surface area contributed by atoms with Gasteiger partial charge in [0.05, 0.1) is 6.26 Å². The molecule has 3 rings (SSSR count). The van der Waals surface area contributed by atoms with Gasteiger partial charge in [-0.2, -0.15) is 11.3 Å². The number of nitrogens with zero attached hydrogens (tertiary/aromatic N) is 2. The zero-order valence-electron chi connectivity index (χ0n) is 13.1. The van der Waals surface area contributed by atoms with Crippen molar-refractivity contribution in [1.29, 1.82) is 0 Å². The SMILES string of the molecule is CN(Cc1ccsc1)C(=O)C1CCN(C(=O)c2ccco2)CC1. The van der Waals surface area contributed by atoms with E-state index in [1.165, 1.54) is 6.26 Å². The molecular weight excluding hydrogens is 312 g/mol. The molecule has 2 aromatic rings. The molecule has 0 spiro atoms. The molecule has 23 heavy (non-hydrogen) atoms. The number of amides is 2. The van der Waals surface area contributed by atoms with Crippen molar-refractivity contribution in [2.24, 2.45) is 5.92 Å². The fourth-order valence-electron chi connectivity index (χ4n) is 2.93. The molecule has 6 heteroatoms. The smallest absolute Gasteiger partial charge is 0.289 e. The van der Waals surface area contributed by atoms with Crippen LogP contribution < -0.4 is 0 Å². The average Bonchev–Trinajstić information content (AvgIpc) is 3.27. The lowest BCUT2D eigenvalue weighted by molar-refractivity contribution is -0.136. The molecule has 2 amide bonds. The van der Waals surface area contributed by atoms with Gasteiger partial charge >= 0.3 is 0 Å². The topological polar surface area (TPSA) is 53.8 Å². The molecule has 0 bridgehead atoms. The zero-order valence-corrected chi connectivity index (χ0v) is 13.9. The van der Waals surface area contributed by atoms with Gasteiger partial charge in [0.25, 0.3) is 5.91 Å². The summed E-state index contributed by atoms with van der Waals surface area (Å²) in [6.07, 6.45) is 2.92. The maximum absolute atomic E-state index is 12.5. The summed E-state index contributed by atoms with van der Waals surface area (Å²) < 4.78 is 5.15. The van der Waals surface area contributed by atoms with E-state index in [2.05, 4.69) is 5.38 Å². The van der Waals surface area contributed by atoms with Crippen LogP contribution in [-0.4, -0.2) is 41.8 Å². The van der Waals surface area contributed by atoms with Gasteiger partial charge in [0, 0.05) is 32.6 Å². The van der Waals surface area contributed by atoms with Gasteiger partial charge in [-0.1, -0.05) is 0 Å². The molecule has 0 aliphatic carbocycles. The van der Waals surface area contributed by atoms with Crippen molar-refractivity contribution in [2.75, 3.05) is 20.1 Å². The summed E-state index contributed by atoms with van der Waals surface area (Å²) in [6.45, 7) is 1.85. The quantitative estimate of drug-likeness (QED) is 0.865. The van der Waals surface area contributed by atoms with E-state index < -0.39 is 0 Å². The monoisotopic (exact) mass is 332 g/mol. The predicted molar refractivity (Wildman–Crippen MR) is 88.1 cm³/mol. The second-order valence-corrected chi connectivity index (χ2v) is 6.65. The Morgan fingerprint density at radius 1 is 1.35 bits per heavy atom. The number of rotatable bonds is 4. The highest BCUT2D eigenvalue weighted by molar-refractivity contribution is 7.07. The second-order valence-electron chi connectivity index (χ2n) is 5.87. The summed E-state index contributed by atoms with van der Waals surface area (Å²) in [6, 6.07) is 5.43. The molecule has 1 saturated heterocycles. The summed E-state index contributed by atoms with van der Waals surface area (Å²) in [4.78, 5) is 28.3. The van der Waals surface area contributed by atoms with E-state index >= 15 is 0 Å². The Morgan fingerprint density at radius 2 is 2.13 bits per heavy atom. The first-order chi connectivity index (χ1) is 11.1. The molecule has 122 valence electrons. The van der Waals surface area contributed by atoms with Crippen LogP contribution in [0.4, 0.5) is 0 Å². The van der Waals surface area contributed by atoms with Crippen molar-refractivity contribution in [3.63, 3.8) is 0 Å².